The molecule has 0 saturated carbocycles. The molecule has 0 amide bonds. The van der Waals surface area contributed by atoms with Gasteiger partial charge in [-0.1, -0.05) is 41.9 Å². The summed E-state index contributed by atoms with van der Waals surface area (Å²) in [5.74, 6) is -0.962. The number of aromatic nitrogens is 1. The molecule has 1 saturated heterocycles. The average Bonchev–Trinajstić information content (AvgIpc) is 3.57. The van der Waals surface area contributed by atoms with Gasteiger partial charge in [0.05, 0.1) is 23.8 Å². The lowest BCUT2D eigenvalue weighted by atomic mass is 9.93. The van der Waals surface area contributed by atoms with Gasteiger partial charge in [0.1, 0.15) is 42.1 Å². The second-order valence-electron chi connectivity index (χ2n) is 13.9. The Bertz CT molecular complexity index is 2070. The Morgan fingerprint density at radius 3 is 2.40 bits per heavy atom. The number of hydrogen-bond acceptors (Lipinski definition) is 11. The first-order chi connectivity index (χ1) is 26.3. The Labute approximate surface area is 324 Å². The number of benzene rings is 3. The fourth-order valence-electron chi connectivity index (χ4n) is 6.29. The molecule has 0 bridgehead atoms. The summed E-state index contributed by atoms with van der Waals surface area (Å²) in [5.41, 5.74) is 3.15. The van der Waals surface area contributed by atoms with Crippen LogP contribution in [0.2, 0.25) is 5.02 Å². The number of aliphatic hydroxyl groups is 2. The van der Waals surface area contributed by atoms with E-state index in [1.807, 2.05) is 55.1 Å². The first-order valence-corrected chi connectivity index (χ1v) is 18.2. The van der Waals surface area contributed by atoms with Gasteiger partial charge in [0, 0.05) is 62.2 Å². The average molecular weight is 773 g/mol. The molecule has 2 atom stereocenters. The third kappa shape index (κ3) is 9.91. The summed E-state index contributed by atoms with van der Waals surface area (Å²) >= 11 is 6.72. The minimum absolute atomic E-state index is 0.00798. The molecule has 290 valence electrons. The van der Waals surface area contributed by atoms with E-state index < -0.39 is 29.7 Å². The Balaban J connectivity index is 1.30. The van der Waals surface area contributed by atoms with Gasteiger partial charge in [0.25, 0.3) is 0 Å². The van der Waals surface area contributed by atoms with E-state index >= 15 is 0 Å². The van der Waals surface area contributed by atoms with Crippen molar-refractivity contribution in [3.63, 3.8) is 0 Å². The predicted octanol–water partition coefficient (Wildman–Crippen LogP) is 5.26. The van der Waals surface area contributed by atoms with Gasteiger partial charge in [-0.05, 0) is 73.2 Å². The van der Waals surface area contributed by atoms with Crippen molar-refractivity contribution in [1.29, 1.82) is 5.26 Å². The second kappa shape index (κ2) is 17.9. The highest BCUT2D eigenvalue weighted by Crippen LogP contribution is 2.36. The predicted molar refractivity (Wildman–Crippen MR) is 204 cm³/mol. The van der Waals surface area contributed by atoms with Crippen molar-refractivity contribution >= 4 is 23.5 Å². The van der Waals surface area contributed by atoms with E-state index in [0.29, 0.717) is 54.3 Å². The number of likely N-dealkylation sites (tertiary alicyclic amines) is 1. The van der Waals surface area contributed by atoms with Crippen molar-refractivity contribution in [3.8, 4) is 34.4 Å². The number of ether oxygens (including phenoxy) is 3. The van der Waals surface area contributed by atoms with Crippen LogP contribution in [-0.4, -0.2) is 86.2 Å². The zero-order chi connectivity index (χ0) is 39.8. The zero-order valence-electron chi connectivity index (χ0n) is 31.0. The van der Waals surface area contributed by atoms with Crippen LogP contribution in [0.15, 0.2) is 67.0 Å². The van der Waals surface area contributed by atoms with E-state index in [2.05, 4.69) is 16.4 Å². The Hall–Kier alpha value is -5.23. The van der Waals surface area contributed by atoms with E-state index in [0.717, 1.165) is 33.6 Å². The maximum Gasteiger partial charge on any atom is 0.337 e. The van der Waals surface area contributed by atoms with Crippen molar-refractivity contribution in [3.05, 3.63) is 105 Å². The molecule has 5 rings (SSSR count). The Morgan fingerprint density at radius 1 is 0.982 bits per heavy atom. The van der Waals surface area contributed by atoms with Crippen molar-refractivity contribution in [2.24, 2.45) is 0 Å². The summed E-state index contributed by atoms with van der Waals surface area (Å²) in [6.07, 6.45) is 3.92. The largest absolute Gasteiger partial charge is 0.493 e. The van der Waals surface area contributed by atoms with Gasteiger partial charge < -0.3 is 34.6 Å². The third-order valence-electron chi connectivity index (χ3n) is 9.90. The van der Waals surface area contributed by atoms with Gasteiger partial charge in [-0.15, -0.1) is 0 Å². The third-order valence-corrected chi connectivity index (χ3v) is 10.2. The minimum atomic E-state index is -1.69. The Kier molecular flexibility index (Phi) is 13.4. The molecule has 55 heavy (non-hydrogen) atoms. The number of rotatable bonds is 18. The molecule has 14 heteroatoms. The first kappa shape index (κ1) is 40.9. The summed E-state index contributed by atoms with van der Waals surface area (Å²) in [6.45, 7) is 6.69. The number of aliphatic carboxylic acids is 2. The number of β-amino-alcohol motifs (C(OH)–C–C–N with tert-alkyl or cyclic N) is 1. The fourth-order valence-corrected chi connectivity index (χ4v) is 6.53. The van der Waals surface area contributed by atoms with Gasteiger partial charge in [-0.2, -0.15) is 5.26 Å². The second-order valence-corrected chi connectivity index (χ2v) is 14.3. The summed E-state index contributed by atoms with van der Waals surface area (Å²) in [7, 11) is 0. The van der Waals surface area contributed by atoms with Gasteiger partial charge in [0.2, 0.25) is 0 Å². The summed E-state index contributed by atoms with van der Waals surface area (Å²) < 4.78 is 18.6. The van der Waals surface area contributed by atoms with Crippen LogP contribution in [0.1, 0.15) is 53.1 Å². The molecule has 0 spiro atoms. The first-order valence-electron chi connectivity index (χ1n) is 17.8. The number of nitriles is 1. The van der Waals surface area contributed by atoms with Crippen molar-refractivity contribution in [1.82, 2.24) is 15.2 Å². The molecule has 1 fully saturated rings. The Morgan fingerprint density at radius 2 is 1.71 bits per heavy atom. The molecule has 5 N–H and O–H groups in total. The number of nitrogens with one attached hydrogen (secondary N) is 1. The maximum atomic E-state index is 11.8. The molecule has 0 aliphatic carbocycles. The number of carbonyl (C=O) groups is 2. The van der Waals surface area contributed by atoms with Crippen molar-refractivity contribution in [2.45, 2.75) is 64.5 Å². The van der Waals surface area contributed by atoms with Gasteiger partial charge in [0.15, 0.2) is 5.60 Å². The van der Waals surface area contributed by atoms with Crippen LogP contribution in [0.3, 0.4) is 0 Å². The lowest BCUT2D eigenvalue weighted by Crippen LogP contribution is -2.52. The van der Waals surface area contributed by atoms with E-state index in [1.165, 1.54) is 13.1 Å². The minimum Gasteiger partial charge on any atom is -0.493 e. The van der Waals surface area contributed by atoms with Crippen LogP contribution < -0.4 is 19.5 Å². The number of carboxylic acids is 2. The van der Waals surface area contributed by atoms with E-state index in [-0.39, 0.29) is 37.7 Å². The zero-order valence-corrected chi connectivity index (χ0v) is 31.7. The topological polar surface area (TPSA) is 195 Å². The number of halogens is 1. The van der Waals surface area contributed by atoms with E-state index in [1.54, 1.807) is 24.4 Å². The molecule has 1 aliphatic rings. The van der Waals surface area contributed by atoms with Crippen LogP contribution in [0.5, 0.6) is 17.2 Å². The summed E-state index contributed by atoms with van der Waals surface area (Å²) in [4.78, 5) is 29.2. The molecule has 0 radical (unpaired) electrons. The maximum absolute atomic E-state index is 11.8. The molecule has 1 aliphatic heterocycles. The number of aliphatic hydroxyl groups excluding tert-OH is 1. The molecular weight excluding hydrogens is 728 g/mol. The molecule has 2 heterocycles. The quantitative estimate of drug-likeness (QED) is 0.0823. The van der Waals surface area contributed by atoms with Gasteiger partial charge in [-0.25, -0.2) is 4.79 Å². The number of hydrogen-bond donors (Lipinski definition) is 5. The van der Waals surface area contributed by atoms with Gasteiger partial charge in [-0.3, -0.25) is 20.0 Å². The summed E-state index contributed by atoms with van der Waals surface area (Å²) in [5, 5.41) is 51.3. The molecule has 13 nitrogen and oxygen atoms in total. The summed E-state index contributed by atoms with van der Waals surface area (Å²) in [6, 6.07) is 18.8. The lowest BCUT2D eigenvalue weighted by Gasteiger charge is -2.25. The smallest absolute Gasteiger partial charge is 0.337 e. The number of pyridine rings is 1. The SMILES string of the molecule is Cc1c(COc2cc(OCc3cncc(C#N)c3)c(CN[C@@](C)(CO)C(=O)O)cc2Cl)cccc1-c1cccc(OCCCN2CCC(O)(C(=O)O)C2)c1C. The standard InChI is InChI=1S/C41H45ClN4O9/c1-26-30(7-4-8-32(26)33-9-5-10-35(27(33)2)53-14-6-12-46-13-11-41(52,24-46)39(50)51)23-55-37-17-36(54-22-29-15-28(18-43)19-44-20-29)31(16-34(37)42)21-45-40(3,25-47)38(48)49/h4-5,7-10,15-17,19-20,45,47,52H,6,11-14,21-25H2,1-3H3,(H,48,49)(H,50,51)/t40-,41?/m0/s1. The lowest BCUT2D eigenvalue weighted by molar-refractivity contribution is -0.157. The van der Waals surface area contributed by atoms with Crippen LogP contribution in [0, 0.1) is 25.2 Å². The highest BCUT2D eigenvalue weighted by Gasteiger charge is 2.42. The van der Waals surface area contributed by atoms with Crippen molar-refractivity contribution < 1.29 is 44.2 Å². The van der Waals surface area contributed by atoms with Crippen LogP contribution in [0.4, 0.5) is 0 Å². The van der Waals surface area contributed by atoms with Crippen LogP contribution in [0.25, 0.3) is 11.1 Å². The van der Waals surface area contributed by atoms with Gasteiger partial charge >= 0.3 is 11.9 Å². The molecule has 4 aromatic rings. The highest BCUT2D eigenvalue weighted by molar-refractivity contribution is 6.32. The van der Waals surface area contributed by atoms with Crippen LogP contribution in [-0.2, 0) is 29.3 Å². The monoisotopic (exact) mass is 772 g/mol. The van der Waals surface area contributed by atoms with Crippen LogP contribution >= 0.6 is 11.6 Å². The number of carboxylic acid groups (broad SMARTS) is 2. The van der Waals surface area contributed by atoms with E-state index in [4.69, 9.17) is 25.8 Å². The number of nitrogens with zero attached hydrogens (tertiary/aromatic N) is 3. The fraction of sp³-hybridized carbons (Fsp3) is 0.366. The van der Waals surface area contributed by atoms with Crippen molar-refractivity contribution in [2.75, 3.05) is 32.8 Å². The molecular formula is C41H45ClN4O9. The normalized spacial score (nSPS) is 16.6. The molecule has 1 unspecified atom stereocenters. The van der Waals surface area contributed by atoms with E-state index in [9.17, 15) is 35.3 Å². The molecule has 1 aromatic heterocycles. The highest BCUT2D eigenvalue weighted by atomic mass is 35.5. The molecule has 3 aromatic carbocycles.